The molecule has 2 nitrogen and oxygen atoms in total. The van der Waals surface area contributed by atoms with Crippen molar-refractivity contribution >= 4 is 23.4 Å². The summed E-state index contributed by atoms with van der Waals surface area (Å²) in [6, 6.07) is 5.91. The molecule has 0 aliphatic rings. The molecule has 0 amide bonds. The van der Waals surface area contributed by atoms with E-state index in [1.165, 1.54) is 5.56 Å². The molecule has 0 spiro atoms. The second-order valence-corrected chi connectivity index (χ2v) is 4.59. The molecular formula is C11H16ClNOS. The van der Waals surface area contributed by atoms with E-state index in [0.717, 1.165) is 23.0 Å². The number of nitrogens with one attached hydrogen (secondary N) is 1. The monoisotopic (exact) mass is 245 g/mol. The second kappa shape index (κ2) is 7.12. The average molecular weight is 246 g/mol. The first-order valence-electron chi connectivity index (χ1n) is 5.01. The molecule has 0 bridgehead atoms. The summed E-state index contributed by atoms with van der Waals surface area (Å²) in [6.07, 6.45) is 0. The number of benzene rings is 1. The van der Waals surface area contributed by atoms with Gasteiger partial charge in [0.1, 0.15) is 0 Å². The predicted molar refractivity (Wildman–Crippen MR) is 66.6 cm³/mol. The Morgan fingerprint density at radius 1 is 1.47 bits per heavy atom. The zero-order valence-electron chi connectivity index (χ0n) is 8.79. The van der Waals surface area contributed by atoms with Gasteiger partial charge in [-0.25, -0.2) is 0 Å². The molecule has 0 atom stereocenters. The Bertz CT molecular complexity index is 307. The lowest BCUT2D eigenvalue weighted by Crippen LogP contribution is -2.12. The van der Waals surface area contributed by atoms with Crippen LogP contribution in [-0.2, 0) is 6.54 Å². The van der Waals surface area contributed by atoms with E-state index in [2.05, 4.69) is 18.3 Å². The molecule has 0 heterocycles. The van der Waals surface area contributed by atoms with Gasteiger partial charge in [-0.15, -0.1) is 11.8 Å². The van der Waals surface area contributed by atoms with Gasteiger partial charge in [0.05, 0.1) is 11.6 Å². The van der Waals surface area contributed by atoms with E-state index < -0.39 is 0 Å². The van der Waals surface area contributed by atoms with Crippen molar-refractivity contribution in [2.75, 3.05) is 18.9 Å². The Morgan fingerprint density at radius 2 is 2.27 bits per heavy atom. The standard InChI is InChI=1S/C11H16ClNOS/c1-2-13-8-9-4-3-5-10(12)11(9)15-7-6-14/h3-5,13-14H,2,6-8H2,1H3. The third kappa shape index (κ3) is 4.03. The summed E-state index contributed by atoms with van der Waals surface area (Å²) in [5.74, 6) is 0.683. The van der Waals surface area contributed by atoms with Gasteiger partial charge in [-0.2, -0.15) is 0 Å². The van der Waals surface area contributed by atoms with Crippen LogP contribution >= 0.6 is 23.4 Å². The van der Waals surface area contributed by atoms with E-state index >= 15 is 0 Å². The summed E-state index contributed by atoms with van der Waals surface area (Å²) < 4.78 is 0. The zero-order valence-corrected chi connectivity index (χ0v) is 10.4. The SMILES string of the molecule is CCNCc1cccc(Cl)c1SCCO. The summed E-state index contributed by atoms with van der Waals surface area (Å²) >= 11 is 7.72. The lowest BCUT2D eigenvalue weighted by atomic mass is 10.2. The Labute approximate surface area is 100 Å². The zero-order chi connectivity index (χ0) is 11.1. The largest absolute Gasteiger partial charge is 0.396 e. The van der Waals surface area contributed by atoms with Crippen molar-refractivity contribution in [3.05, 3.63) is 28.8 Å². The van der Waals surface area contributed by atoms with Crippen LogP contribution < -0.4 is 5.32 Å². The van der Waals surface area contributed by atoms with Crippen LogP contribution in [-0.4, -0.2) is 24.0 Å². The Balaban J connectivity index is 2.77. The molecule has 2 N–H and O–H groups in total. The molecule has 1 rings (SSSR count). The van der Waals surface area contributed by atoms with Gasteiger partial charge >= 0.3 is 0 Å². The van der Waals surface area contributed by atoms with Gasteiger partial charge in [-0.05, 0) is 18.2 Å². The molecule has 0 saturated carbocycles. The molecular weight excluding hydrogens is 230 g/mol. The Hall–Kier alpha value is -0.220. The highest BCUT2D eigenvalue weighted by Gasteiger charge is 2.06. The Kier molecular flexibility index (Phi) is 6.10. The number of halogens is 1. The molecule has 0 fully saturated rings. The number of aliphatic hydroxyl groups is 1. The minimum Gasteiger partial charge on any atom is -0.396 e. The lowest BCUT2D eigenvalue weighted by Gasteiger charge is -2.10. The van der Waals surface area contributed by atoms with Gasteiger partial charge in [0.2, 0.25) is 0 Å². The summed E-state index contributed by atoms with van der Waals surface area (Å²) in [5, 5.41) is 12.8. The van der Waals surface area contributed by atoms with Gasteiger partial charge in [-0.3, -0.25) is 0 Å². The molecule has 1 aromatic carbocycles. The van der Waals surface area contributed by atoms with Crippen LogP contribution in [0.2, 0.25) is 5.02 Å². The molecule has 0 aliphatic heterocycles. The first-order valence-corrected chi connectivity index (χ1v) is 6.37. The maximum absolute atomic E-state index is 8.81. The van der Waals surface area contributed by atoms with Crippen LogP contribution in [0.15, 0.2) is 23.1 Å². The van der Waals surface area contributed by atoms with Gasteiger partial charge in [0, 0.05) is 17.2 Å². The third-order valence-electron chi connectivity index (χ3n) is 1.95. The van der Waals surface area contributed by atoms with Crippen LogP contribution in [0.3, 0.4) is 0 Å². The molecule has 0 aliphatic carbocycles. The molecule has 0 radical (unpaired) electrons. The minimum atomic E-state index is 0.177. The first-order chi connectivity index (χ1) is 7.29. The topological polar surface area (TPSA) is 32.3 Å². The van der Waals surface area contributed by atoms with Gasteiger partial charge in [0.25, 0.3) is 0 Å². The molecule has 84 valence electrons. The van der Waals surface area contributed by atoms with Crippen molar-refractivity contribution in [2.45, 2.75) is 18.4 Å². The highest BCUT2D eigenvalue weighted by atomic mass is 35.5. The maximum Gasteiger partial charge on any atom is 0.0545 e. The number of aliphatic hydroxyl groups excluding tert-OH is 1. The fraction of sp³-hybridized carbons (Fsp3) is 0.455. The number of hydrogen-bond acceptors (Lipinski definition) is 3. The van der Waals surface area contributed by atoms with Crippen molar-refractivity contribution in [3.8, 4) is 0 Å². The van der Waals surface area contributed by atoms with E-state index in [-0.39, 0.29) is 6.61 Å². The van der Waals surface area contributed by atoms with Crippen molar-refractivity contribution in [2.24, 2.45) is 0 Å². The van der Waals surface area contributed by atoms with E-state index in [1.54, 1.807) is 11.8 Å². The van der Waals surface area contributed by atoms with Crippen LogP contribution in [0.25, 0.3) is 0 Å². The van der Waals surface area contributed by atoms with Gasteiger partial charge in [-0.1, -0.05) is 30.7 Å². The maximum atomic E-state index is 8.81. The van der Waals surface area contributed by atoms with Crippen LogP contribution in [0.1, 0.15) is 12.5 Å². The highest BCUT2D eigenvalue weighted by Crippen LogP contribution is 2.30. The third-order valence-corrected chi connectivity index (χ3v) is 3.54. The smallest absolute Gasteiger partial charge is 0.0545 e. The average Bonchev–Trinajstić information content (AvgIpc) is 2.25. The van der Waals surface area contributed by atoms with Crippen molar-refractivity contribution in [1.29, 1.82) is 0 Å². The second-order valence-electron chi connectivity index (χ2n) is 3.08. The fourth-order valence-corrected chi connectivity index (χ4v) is 2.45. The molecule has 15 heavy (non-hydrogen) atoms. The van der Waals surface area contributed by atoms with E-state index in [9.17, 15) is 0 Å². The number of thioether (sulfide) groups is 1. The lowest BCUT2D eigenvalue weighted by molar-refractivity contribution is 0.322. The molecule has 0 saturated heterocycles. The predicted octanol–water partition coefficient (Wildman–Crippen LogP) is 2.53. The quantitative estimate of drug-likeness (QED) is 0.756. The molecule has 1 aromatic rings. The molecule has 0 unspecified atom stereocenters. The number of rotatable bonds is 6. The first kappa shape index (κ1) is 12.8. The van der Waals surface area contributed by atoms with Crippen LogP contribution in [0, 0.1) is 0 Å². The Morgan fingerprint density at radius 3 is 2.93 bits per heavy atom. The van der Waals surface area contributed by atoms with Crippen LogP contribution in [0.5, 0.6) is 0 Å². The van der Waals surface area contributed by atoms with Crippen molar-refractivity contribution in [3.63, 3.8) is 0 Å². The summed E-state index contributed by atoms with van der Waals surface area (Å²) in [7, 11) is 0. The van der Waals surface area contributed by atoms with Crippen molar-refractivity contribution in [1.82, 2.24) is 5.32 Å². The fourth-order valence-electron chi connectivity index (χ4n) is 1.26. The molecule has 4 heteroatoms. The van der Waals surface area contributed by atoms with Gasteiger partial charge in [0.15, 0.2) is 0 Å². The minimum absolute atomic E-state index is 0.177. The summed E-state index contributed by atoms with van der Waals surface area (Å²) in [4.78, 5) is 1.08. The van der Waals surface area contributed by atoms with Gasteiger partial charge < -0.3 is 10.4 Å². The van der Waals surface area contributed by atoms with E-state index in [1.807, 2.05) is 12.1 Å². The van der Waals surface area contributed by atoms with E-state index in [0.29, 0.717) is 5.75 Å². The highest BCUT2D eigenvalue weighted by molar-refractivity contribution is 7.99. The molecule has 0 aromatic heterocycles. The van der Waals surface area contributed by atoms with Crippen molar-refractivity contribution < 1.29 is 5.11 Å². The summed E-state index contributed by atoms with van der Waals surface area (Å²) in [5.41, 5.74) is 1.20. The van der Waals surface area contributed by atoms with Crippen LogP contribution in [0.4, 0.5) is 0 Å². The normalized spacial score (nSPS) is 10.6. The van der Waals surface area contributed by atoms with E-state index in [4.69, 9.17) is 16.7 Å². The summed E-state index contributed by atoms with van der Waals surface area (Å²) in [6.45, 7) is 4.02. The number of hydrogen-bond donors (Lipinski definition) is 2.